The smallest absolute Gasteiger partial charge is 0.291 e. The second-order valence-corrected chi connectivity index (χ2v) is 8.10. The lowest BCUT2D eigenvalue weighted by Gasteiger charge is -2.19. The van der Waals surface area contributed by atoms with Crippen LogP contribution in [-0.2, 0) is 0 Å². The van der Waals surface area contributed by atoms with Crippen LogP contribution in [0.25, 0.3) is 0 Å². The molecule has 0 unspecified atom stereocenters. The molecule has 2 N–H and O–H groups in total. The van der Waals surface area contributed by atoms with Crippen molar-refractivity contribution in [3.63, 3.8) is 0 Å². The van der Waals surface area contributed by atoms with E-state index in [1.54, 1.807) is 0 Å². The average Bonchev–Trinajstić information content (AvgIpc) is 2.31. The van der Waals surface area contributed by atoms with Crippen molar-refractivity contribution in [3.05, 3.63) is 10.1 Å². The summed E-state index contributed by atoms with van der Waals surface area (Å²) in [6.45, 7) is 6.64. The molecule has 0 aromatic carbocycles. The molecule has 0 atom stereocenters. The van der Waals surface area contributed by atoms with Gasteiger partial charge in [-0.1, -0.05) is 40.0 Å². The van der Waals surface area contributed by atoms with Gasteiger partial charge in [-0.15, -0.1) is 10.1 Å². The SMILES string of the molecule is CCCC[P+](O)(CCCC)CCCC.O=[N+]([O-])O. The molecule has 0 saturated carbocycles. The second kappa shape index (κ2) is 13.0. The molecule has 0 heterocycles. The summed E-state index contributed by atoms with van der Waals surface area (Å²) in [5, 5.41) is 13.6. The number of nitrogens with zero attached hydrogens (tertiary/aromatic N) is 1. The molecule has 18 heavy (non-hydrogen) atoms. The molecule has 0 bridgehead atoms. The third-order valence-corrected chi connectivity index (χ3v) is 6.23. The van der Waals surface area contributed by atoms with E-state index in [4.69, 9.17) is 15.3 Å². The summed E-state index contributed by atoms with van der Waals surface area (Å²) in [5.41, 5.74) is 0. The Balaban J connectivity index is 0. The van der Waals surface area contributed by atoms with E-state index in [2.05, 4.69) is 20.8 Å². The Labute approximate surface area is 111 Å². The van der Waals surface area contributed by atoms with Crippen molar-refractivity contribution in [1.29, 1.82) is 0 Å². The van der Waals surface area contributed by atoms with Gasteiger partial charge >= 0.3 is 0 Å². The lowest BCUT2D eigenvalue weighted by atomic mass is 10.4. The Hall–Kier alpha value is -0.410. The molecule has 0 radical (unpaired) electrons. The highest BCUT2D eigenvalue weighted by molar-refractivity contribution is 7.70. The second-order valence-electron chi connectivity index (χ2n) is 4.56. The minimum absolute atomic E-state index is 1.11. The third kappa shape index (κ3) is 15.6. The van der Waals surface area contributed by atoms with Gasteiger partial charge in [-0.25, -0.2) is 0 Å². The highest BCUT2D eigenvalue weighted by atomic mass is 31.2. The normalized spacial score (nSPS) is 10.7. The predicted molar refractivity (Wildman–Crippen MR) is 77.2 cm³/mol. The minimum atomic E-state index is -1.52. The zero-order valence-corrected chi connectivity index (χ0v) is 12.9. The van der Waals surface area contributed by atoms with Crippen molar-refractivity contribution in [2.45, 2.75) is 59.3 Å². The van der Waals surface area contributed by atoms with Gasteiger partial charge in [0, 0.05) is 0 Å². The van der Waals surface area contributed by atoms with Gasteiger partial charge in [0.05, 0.1) is 18.5 Å². The number of unbranched alkanes of at least 4 members (excludes halogenated alkanes) is 3. The fourth-order valence-electron chi connectivity index (χ4n) is 1.69. The summed E-state index contributed by atoms with van der Waals surface area (Å²) in [5.74, 6) is 0. The van der Waals surface area contributed by atoms with Crippen molar-refractivity contribution in [1.82, 2.24) is 0 Å². The molecule has 0 aromatic heterocycles. The molecular formula is C12H29NO4P+. The first kappa shape index (κ1) is 19.9. The fraction of sp³-hybridized carbons (Fsp3) is 1.00. The van der Waals surface area contributed by atoms with Crippen molar-refractivity contribution < 1.29 is 15.2 Å². The van der Waals surface area contributed by atoms with Crippen molar-refractivity contribution in [2.24, 2.45) is 0 Å². The molecule has 0 aromatic rings. The molecule has 0 fully saturated rings. The molecule has 110 valence electrons. The van der Waals surface area contributed by atoms with Gasteiger partial charge in [-0.05, 0) is 19.3 Å². The highest BCUT2D eigenvalue weighted by Crippen LogP contribution is 2.56. The minimum Gasteiger partial charge on any atom is -0.328 e. The monoisotopic (exact) mass is 282 g/mol. The van der Waals surface area contributed by atoms with Crippen molar-refractivity contribution in [3.8, 4) is 0 Å². The molecule has 0 spiro atoms. The van der Waals surface area contributed by atoms with Gasteiger partial charge < -0.3 is 5.21 Å². The predicted octanol–water partition coefficient (Wildman–Crippen LogP) is 3.96. The van der Waals surface area contributed by atoms with E-state index < -0.39 is 12.6 Å². The lowest BCUT2D eigenvalue weighted by Crippen LogP contribution is -2.07. The quantitative estimate of drug-likeness (QED) is 0.381. The van der Waals surface area contributed by atoms with Gasteiger partial charge in [0.15, 0.2) is 0 Å². The molecule has 5 nitrogen and oxygen atoms in total. The maximum atomic E-state index is 10.5. The van der Waals surface area contributed by atoms with Crippen molar-refractivity contribution >= 4 is 7.49 Å². The molecule has 0 aliphatic heterocycles. The standard InChI is InChI=1S/C12H28OP.HNO3/c1-4-7-10-14(13,11-8-5-2)12-9-6-3;2-1(3)4/h13H,4-12H2,1-3H3;(H,2,3,4)/q+1;. The van der Waals surface area contributed by atoms with Crippen molar-refractivity contribution in [2.75, 3.05) is 18.5 Å². The molecule has 0 aliphatic rings. The molecule has 0 rings (SSSR count). The van der Waals surface area contributed by atoms with E-state index in [1.165, 1.54) is 38.5 Å². The summed E-state index contributed by atoms with van der Waals surface area (Å²) < 4.78 is 0. The van der Waals surface area contributed by atoms with Crippen LogP contribution >= 0.6 is 7.49 Å². The van der Waals surface area contributed by atoms with E-state index in [-0.39, 0.29) is 0 Å². The van der Waals surface area contributed by atoms with Gasteiger partial charge in [-0.2, -0.15) is 0 Å². The summed E-state index contributed by atoms with van der Waals surface area (Å²) in [6, 6.07) is 0. The van der Waals surface area contributed by atoms with Crippen LogP contribution in [0.1, 0.15) is 59.3 Å². The van der Waals surface area contributed by atoms with Crippen LogP contribution in [0, 0.1) is 10.1 Å². The van der Waals surface area contributed by atoms with Crippen LogP contribution in [0.2, 0.25) is 0 Å². The van der Waals surface area contributed by atoms with Gasteiger partial charge in [0.1, 0.15) is 7.49 Å². The molecule has 6 heteroatoms. The Bertz CT molecular complexity index is 177. The molecular weight excluding hydrogens is 253 g/mol. The Morgan fingerprint density at radius 3 is 1.33 bits per heavy atom. The van der Waals surface area contributed by atoms with Crippen LogP contribution in [0.3, 0.4) is 0 Å². The van der Waals surface area contributed by atoms with Crippen LogP contribution in [0.4, 0.5) is 0 Å². The maximum absolute atomic E-state index is 10.5. The van der Waals surface area contributed by atoms with Gasteiger partial charge in [0.2, 0.25) is 0 Å². The largest absolute Gasteiger partial charge is 0.328 e. The number of hydrogen-bond acceptors (Lipinski definition) is 3. The van der Waals surface area contributed by atoms with Crippen LogP contribution in [-0.4, -0.2) is 33.7 Å². The topological polar surface area (TPSA) is 83.6 Å². The molecule has 0 aliphatic carbocycles. The first-order chi connectivity index (χ1) is 8.41. The number of hydrogen-bond donors (Lipinski definition) is 2. The van der Waals surface area contributed by atoms with E-state index in [1.807, 2.05) is 0 Å². The Morgan fingerprint density at radius 1 is 0.944 bits per heavy atom. The Kier molecular flexibility index (Phi) is 14.4. The summed E-state index contributed by atoms with van der Waals surface area (Å²) in [7, 11) is -1.52. The highest BCUT2D eigenvalue weighted by Gasteiger charge is 2.32. The summed E-state index contributed by atoms with van der Waals surface area (Å²) in [4.78, 5) is 18.9. The number of rotatable bonds is 9. The average molecular weight is 282 g/mol. The Morgan fingerprint density at radius 2 is 1.17 bits per heavy atom. The summed E-state index contributed by atoms with van der Waals surface area (Å²) >= 11 is 0. The first-order valence-corrected chi connectivity index (χ1v) is 9.13. The lowest BCUT2D eigenvalue weighted by molar-refractivity contribution is -0.742. The van der Waals surface area contributed by atoms with Gasteiger partial charge in [0.25, 0.3) is 5.09 Å². The summed E-state index contributed by atoms with van der Waals surface area (Å²) in [6.07, 6.45) is 10.7. The van der Waals surface area contributed by atoms with E-state index in [0.717, 1.165) is 18.5 Å². The van der Waals surface area contributed by atoms with E-state index >= 15 is 0 Å². The fourth-order valence-corrected chi connectivity index (χ4v) is 5.08. The van der Waals surface area contributed by atoms with Crippen LogP contribution in [0.15, 0.2) is 0 Å². The van der Waals surface area contributed by atoms with Gasteiger partial charge in [-0.3, -0.25) is 4.89 Å². The third-order valence-electron chi connectivity index (χ3n) is 2.78. The maximum Gasteiger partial charge on any atom is 0.291 e. The molecule has 0 amide bonds. The van der Waals surface area contributed by atoms with E-state index in [9.17, 15) is 4.89 Å². The zero-order chi connectivity index (χ0) is 14.4. The molecule has 0 saturated heterocycles. The van der Waals surface area contributed by atoms with E-state index in [0.29, 0.717) is 0 Å². The first-order valence-electron chi connectivity index (χ1n) is 6.84. The zero-order valence-electron chi connectivity index (χ0n) is 12.0. The van der Waals surface area contributed by atoms with Crippen LogP contribution < -0.4 is 0 Å². The van der Waals surface area contributed by atoms with Crippen LogP contribution in [0.5, 0.6) is 0 Å².